The van der Waals surface area contributed by atoms with Crippen molar-refractivity contribution < 1.29 is 24.1 Å². The molecule has 1 aliphatic rings. The fraction of sp³-hybridized carbons (Fsp3) is 0.400. The van der Waals surface area contributed by atoms with E-state index >= 15 is 0 Å². The molecule has 82 valence electrons. The lowest BCUT2D eigenvalue weighted by atomic mass is 10.1. The first-order chi connectivity index (χ1) is 7.11. The van der Waals surface area contributed by atoms with E-state index in [1.54, 1.807) is 0 Å². The number of aliphatic hydroxyl groups is 1. The Hall–Kier alpha value is -1.49. The molecule has 1 atom stereocenters. The van der Waals surface area contributed by atoms with Crippen molar-refractivity contribution >= 4 is 0 Å². The Morgan fingerprint density at radius 1 is 1.40 bits per heavy atom. The van der Waals surface area contributed by atoms with Gasteiger partial charge in [-0.05, 0) is 13.0 Å². The monoisotopic (exact) mass is 214 g/mol. The zero-order valence-corrected chi connectivity index (χ0v) is 8.16. The van der Waals surface area contributed by atoms with E-state index in [2.05, 4.69) is 0 Å². The highest BCUT2D eigenvalue weighted by atomic mass is 19.1. The number of aliphatic hydroxyl groups excluding tert-OH is 1. The Balaban J connectivity index is 2.57. The van der Waals surface area contributed by atoms with E-state index in [1.165, 1.54) is 13.0 Å². The van der Waals surface area contributed by atoms with Crippen LogP contribution >= 0.6 is 0 Å². The highest BCUT2D eigenvalue weighted by Gasteiger charge is 2.24. The van der Waals surface area contributed by atoms with Crippen molar-refractivity contribution in [1.82, 2.24) is 0 Å². The molecule has 1 unspecified atom stereocenters. The van der Waals surface area contributed by atoms with Crippen LogP contribution in [0.3, 0.4) is 0 Å². The third-order valence-electron chi connectivity index (χ3n) is 2.23. The molecule has 2 rings (SSSR count). The topological polar surface area (TPSA) is 58.9 Å². The summed E-state index contributed by atoms with van der Waals surface area (Å²) in [5.74, 6) is -1.35. The summed E-state index contributed by atoms with van der Waals surface area (Å²) in [4.78, 5) is 0. The Morgan fingerprint density at radius 3 is 2.73 bits per heavy atom. The molecule has 1 aliphatic heterocycles. The summed E-state index contributed by atoms with van der Waals surface area (Å²) in [6.45, 7) is 2.01. The van der Waals surface area contributed by atoms with Crippen LogP contribution in [-0.2, 0) is 0 Å². The molecule has 0 aliphatic carbocycles. The van der Waals surface area contributed by atoms with Gasteiger partial charge in [0.15, 0.2) is 11.5 Å². The number of ether oxygens (including phenoxy) is 2. The lowest BCUT2D eigenvalue weighted by Crippen LogP contribution is -2.17. The Labute approximate surface area is 85.9 Å². The molecule has 0 saturated carbocycles. The van der Waals surface area contributed by atoms with Crippen molar-refractivity contribution in [3.63, 3.8) is 0 Å². The van der Waals surface area contributed by atoms with Crippen LogP contribution in [0.25, 0.3) is 0 Å². The van der Waals surface area contributed by atoms with Gasteiger partial charge in [-0.25, -0.2) is 0 Å². The quantitative estimate of drug-likeness (QED) is 0.741. The number of phenolic OH excluding ortho intramolecular Hbond substituents is 1. The van der Waals surface area contributed by atoms with Crippen molar-refractivity contribution in [3.8, 4) is 17.2 Å². The first-order valence-electron chi connectivity index (χ1n) is 4.60. The molecule has 15 heavy (non-hydrogen) atoms. The van der Waals surface area contributed by atoms with Crippen molar-refractivity contribution in [2.24, 2.45) is 0 Å². The lowest BCUT2D eigenvalue weighted by molar-refractivity contribution is 0.157. The standard InChI is InChI=1S/C10H11FO4/c1-5(12)6-4-7-10(8(11)9(6)13)15-3-2-14-7/h4-5,12-13H,2-3H2,1H3. The summed E-state index contributed by atoms with van der Waals surface area (Å²) in [5, 5.41) is 18.8. The molecule has 4 nitrogen and oxygen atoms in total. The zero-order valence-electron chi connectivity index (χ0n) is 8.16. The molecule has 1 aromatic rings. The van der Waals surface area contributed by atoms with Crippen LogP contribution in [0.1, 0.15) is 18.6 Å². The van der Waals surface area contributed by atoms with E-state index in [9.17, 15) is 14.6 Å². The number of hydrogen-bond donors (Lipinski definition) is 2. The second kappa shape index (κ2) is 3.58. The third kappa shape index (κ3) is 1.59. The minimum atomic E-state index is -0.963. The molecule has 0 saturated heterocycles. The van der Waals surface area contributed by atoms with Gasteiger partial charge in [-0.2, -0.15) is 4.39 Å². The predicted molar refractivity (Wildman–Crippen MR) is 49.7 cm³/mol. The average molecular weight is 214 g/mol. The van der Waals surface area contributed by atoms with Gasteiger partial charge in [-0.1, -0.05) is 0 Å². The second-order valence-electron chi connectivity index (χ2n) is 3.33. The minimum absolute atomic E-state index is 0.0942. The Kier molecular flexibility index (Phi) is 2.40. The van der Waals surface area contributed by atoms with Crippen LogP contribution < -0.4 is 9.47 Å². The smallest absolute Gasteiger partial charge is 0.210 e. The van der Waals surface area contributed by atoms with Crippen LogP contribution in [0.2, 0.25) is 0 Å². The number of hydrogen-bond acceptors (Lipinski definition) is 4. The van der Waals surface area contributed by atoms with Crippen molar-refractivity contribution in [3.05, 3.63) is 17.4 Å². The minimum Gasteiger partial charge on any atom is -0.504 e. The average Bonchev–Trinajstić information content (AvgIpc) is 2.23. The SMILES string of the molecule is CC(O)c1cc2c(c(F)c1O)OCCO2. The molecule has 1 aromatic carbocycles. The summed E-state index contributed by atoms with van der Waals surface area (Å²) in [6, 6.07) is 1.39. The van der Waals surface area contributed by atoms with Gasteiger partial charge in [0.2, 0.25) is 11.6 Å². The number of fused-ring (bicyclic) bond motifs is 1. The van der Waals surface area contributed by atoms with E-state index in [0.29, 0.717) is 6.61 Å². The van der Waals surface area contributed by atoms with Gasteiger partial charge in [0.1, 0.15) is 13.2 Å². The molecular weight excluding hydrogens is 203 g/mol. The maximum atomic E-state index is 13.5. The van der Waals surface area contributed by atoms with Crippen molar-refractivity contribution in [1.29, 1.82) is 0 Å². The second-order valence-corrected chi connectivity index (χ2v) is 3.33. The zero-order chi connectivity index (χ0) is 11.0. The number of aromatic hydroxyl groups is 1. The van der Waals surface area contributed by atoms with Gasteiger partial charge in [0, 0.05) is 5.56 Å². The summed E-state index contributed by atoms with van der Waals surface area (Å²) in [5.41, 5.74) is 0.0942. The van der Waals surface area contributed by atoms with Crippen LogP contribution in [-0.4, -0.2) is 23.4 Å². The summed E-state index contributed by atoms with van der Waals surface area (Å²) in [7, 11) is 0. The van der Waals surface area contributed by atoms with Crippen LogP contribution in [0, 0.1) is 5.82 Å². The molecule has 5 heteroatoms. The summed E-state index contributed by atoms with van der Waals surface area (Å²) in [6.07, 6.45) is -0.963. The number of benzene rings is 1. The van der Waals surface area contributed by atoms with Crippen molar-refractivity contribution in [2.45, 2.75) is 13.0 Å². The summed E-state index contributed by atoms with van der Waals surface area (Å²) < 4.78 is 23.7. The number of phenols is 1. The van der Waals surface area contributed by atoms with Crippen molar-refractivity contribution in [2.75, 3.05) is 13.2 Å². The normalized spacial score (nSPS) is 16.2. The molecule has 0 fully saturated rings. The largest absolute Gasteiger partial charge is 0.504 e. The first kappa shape index (κ1) is 10.0. The third-order valence-corrected chi connectivity index (χ3v) is 2.23. The van der Waals surface area contributed by atoms with Crippen LogP contribution in [0.4, 0.5) is 4.39 Å². The van der Waals surface area contributed by atoms with E-state index in [0.717, 1.165) is 0 Å². The van der Waals surface area contributed by atoms with E-state index in [4.69, 9.17) is 9.47 Å². The van der Waals surface area contributed by atoms with Gasteiger partial charge in [-0.3, -0.25) is 0 Å². The molecule has 0 aromatic heterocycles. The van der Waals surface area contributed by atoms with Crippen LogP contribution in [0.5, 0.6) is 17.2 Å². The molecule has 1 heterocycles. The molecular formula is C10H11FO4. The molecule has 0 amide bonds. The maximum Gasteiger partial charge on any atom is 0.210 e. The molecule has 2 N–H and O–H groups in total. The van der Waals surface area contributed by atoms with Gasteiger partial charge in [0.25, 0.3) is 0 Å². The highest BCUT2D eigenvalue weighted by Crippen LogP contribution is 2.41. The fourth-order valence-electron chi connectivity index (χ4n) is 1.47. The van der Waals surface area contributed by atoms with E-state index < -0.39 is 17.7 Å². The molecule has 0 spiro atoms. The Bertz CT molecular complexity index is 389. The Morgan fingerprint density at radius 2 is 2.07 bits per heavy atom. The molecule has 0 radical (unpaired) electrons. The first-order valence-corrected chi connectivity index (χ1v) is 4.60. The summed E-state index contributed by atoms with van der Waals surface area (Å²) >= 11 is 0. The van der Waals surface area contributed by atoms with Gasteiger partial charge >= 0.3 is 0 Å². The number of halogens is 1. The maximum absolute atomic E-state index is 13.5. The number of rotatable bonds is 1. The van der Waals surface area contributed by atoms with Gasteiger partial charge in [-0.15, -0.1) is 0 Å². The van der Waals surface area contributed by atoms with Gasteiger partial charge < -0.3 is 19.7 Å². The van der Waals surface area contributed by atoms with Gasteiger partial charge in [0.05, 0.1) is 6.10 Å². The van der Waals surface area contributed by atoms with Crippen LogP contribution in [0.15, 0.2) is 6.07 Å². The van der Waals surface area contributed by atoms with E-state index in [1.807, 2.05) is 0 Å². The predicted octanol–water partition coefficient (Wildman–Crippen LogP) is 1.36. The molecule has 0 bridgehead atoms. The van der Waals surface area contributed by atoms with E-state index in [-0.39, 0.29) is 23.7 Å². The highest BCUT2D eigenvalue weighted by molar-refractivity contribution is 5.52. The fourth-order valence-corrected chi connectivity index (χ4v) is 1.47. The lowest BCUT2D eigenvalue weighted by Gasteiger charge is -2.21.